The van der Waals surface area contributed by atoms with Crippen LogP contribution in [-0.4, -0.2) is 11.8 Å². The number of benzene rings is 1. The van der Waals surface area contributed by atoms with Gasteiger partial charge in [-0.05, 0) is 59.3 Å². The Morgan fingerprint density at radius 1 is 1.26 bits per heavy atom. The third-order valence-electron chi connectivity index (χ3n) is 4.18. The number of hydrogen-bond acceptors (Lipinski definition) is 2. The van der Waals surface area contributed by atoms with Crippen molar-refractivity contribution >= 4 is 27.7 Å². The number of carbonyl (C=O) groups is 2. The summed E-state index contributed by atoms with van der Waals surface area (Å²) in [6.45, 7) is 8.05. The minimum absolute atomic E-state index is 0.122. The van der Waals surface area contributed by atoms with E-state index in [1.807, 2.05) is 27.7 Å². The molecule has 0 heterocycles. The van der Waals surface area contributed by atoms with E-state index in [-0.39, 0.29) is 28.7 Å². The Bertz CT molecular complexity index is 681. The highest BCUT2D eigenvalue weighted by molar-refractivity contribution is 9.10. The monoisotopic (exact) mass is 382 g/mol. The number of hydrogen-bond donors (Lipinski definition) is 2. The first kappa shape index (κ1) is 17.7. The van der Waals surface area contributed by atoms with Gasteiger partial charge in [0.1, 0.15) is 5.82 Å². The summed E-state index contributed by atoms with van der Waals surface area (Å²) in [4.78, 5) is 24.3. The molecule has 124 valence electrons. The lowest BCUT2D eigenvalue weighted by Gasteiger charge is -2.09. The molecule has 2 amide bonds. The average Bonchev–Trinajstić information content (AvgIpc) is 2.96. The fourth-order valence-corrected chi connectivity index (χ4v) is 3.32. The minimum atomic E-state index is -0.498. The summed E-state index contributed by atoms with van der Waals surface area (Å²) in [5.74, 6) is -1.16. The van der Waals surface area contributed by atoms with Crippen molar-refractivity contribution < 1.29 is 14.0 Å². The van der Waals surface area contributed by atoms with Gasteiger partial charge in [0.25, 0.3) is 5.91 Å². The van der Waals surface area contributed by atoms with Crippen LogP contribution in [0.1, 0.15) is 38.1 Å². The summed E-state index contributed by atoms with van der Waals surface area (Å²) in [6.07, 6.45) is 2.09. The van der Waals surface area contributed by atoms with Gasteiger partial charge >= 0.3 is 0 Å². The van der Waals surface area contributed by atoms with E-state index in [2.05, 4.69) is 32.9 Å². The van der Waals surface area contributed by atoms with Crippen LogP contribution in [0.2, 0.25) is 0 Å². The Kier molecular flexibility index (Phi) is 4.94. The number of rotatable bonds is 3. The second kappa shape index (κ2) is 6.43. The van der Waals surface area contributed by atoms with Gasteiger partial charge in [-0.15, -0.1) is 0 Å². The smallest absolute Gasteiger partial charge is 0.270 e. The number of allylic oxidation sites excluding steroid dienone is 2. The van der Waals surface area contributed by atoms with Gasteiger partial charge in [-0.25, -0.2) is 4.39 Å². The maximum absolute atomic E-state index is 13.0. The second-order valence-electron chi connectivity index (χ2n) is 6.64. The molecule has 0 aromatic heterocycles. The SMILES string of the molecule is CC(C)=C[C@@H]1[C@H](C(=O)NNC(=O)c2ccc(F)cc2Br)C1(C)C. The van der Waals surface area contributed by atoms with Crippen molar-refractivity contribution in [1.82, 2.24) is 10.9 Å². The lowest BCUT2D eigenvalue weighted by molar-refractivity contribution is -0.123. The molecule has 0 unspecified atom stereocenters. The van der Waals surface area contributed by atoms with Crippen molar-refractivity contribution in [2.24, 2.45) is 17.3 Å². The molecule has 1 aromatic rings. The predicted molar refractivity (Wildman–Crippen MR) is 89.9 cm³/mol. The molecule has 23 heavy (non-hydrogen) atoms. The van der Waals surface area contributed by atoms with E-state index < -0.39 is 11.7 Å². The molecule has 1 fully saturated rings. The summed E-state index contributed by atoms with van der Waals surface area (Å²) in [7, 11) is 0. The maximum atomic E-state index is 13.0. The first-order chi connectivity index (χ1) is 10.6. The first-order valence-corrected chi connectivity index (χ1v) is 8.14. The van der Waals surface area contributed by atoms with Crippen LogP contribution in [0.4, 0.5) is 4.39 Å². The fourth-order valence-electron chi connectivity index (χ4n) is 2.79. The molecule has 2 N–H and O–H groups in total. The molecule has 2 atom stereocenters. The predicted octanol–water partition coefficient (Wildman–Crippen LogP) is 3.59. The lowest BCUT2D eigenvalue weighted by Crippen LogP contribution is -2.43. The lowest BCUT2D eigenvalue weighted by atomic mass is 10.1. The largest absolute Gasteiger partial charge is 0.273 e. The van der Waals surface area contributed by atoms with Gasteiger partial charge in [-0.3, -0.25) is 20.4 Å². The van der Waals surface area contributed by atoms with Crippen molar-refractivity contribution in [3.63, 3.8) is 0 Å². The Balaban J connectivity index is 1.97. The van der Waals surface area contributed by atoms with E-state index in [0.29, 0.717) is 4.47 Å². The van der Waals surface area contributed by atoms with Crippen LogP contribution in [0.5, 0.6) is 0 Å². The summed E-state index contributed by atoms with van der Waals surface area (Å²) in [5.41, 5.74) is 6.14. The zero-order chi connectivity index (χ0) is 17.4. The van der Waals surface area contributed by atoms with Gasteiger partial charge in [-0.1, -0.05) is 25.5 Å². The Morgan fingerprint density at radius 2 is 1.91 bits per heavy atom. The highest BCUT2D eigenvalue weighted by atomic mass is 79.9. The van der Waals surface area contributed by atoms with Gasteiger partial charge in [0.2, 0.25) is 5.91 Å². The Morgan fingerprint density at radius 3 is 2.48 bits per heavy atom. The van der Waals surface area contributed by atoms with Crippen molar-refractivity contribution in [2.75, 3.05) is 0 Å². The fraction of sp³-hybridized carbons (Fsp3) is 0.412. The van der Waals surface area contributed by atoms with Gasteiger partial charge in [0.15, 0.2) is 0 Å². The highest BCUT2D eigenvalue weighted by Gasteiger charge is 2.60. The maximum Gasteiger partial charge on any atom is 0.270 e. The van der Waals surface area contributed by atoms with Crippen LogP contribution in [0.15, 0.2) is 34.3 Å². The number of halogens is 2. The molecular formula is C17H20BrFN2O2. The molecule has 1 saturated carbocycles. The topological polar surface area (TPSA) is 58.2 Å². The quantitative estimate of drug-likeness (QED) is 0.619. The summed E-state index contributed by atoms with van der Waals surface area (Å²) < 4.78 is 13.4. The molecule has 6 heteroatoms. The van der Waals surface area contributed by atoms with Gasteiger partial charge < -0.3 is 0 Å². The summed E-state index contributed by atoms with van der Waals surface area (Å²) in [5, 5.41) is 0. The van der Waals surface area contributed by atoms with Gasteiger partial charge in [0, 0.05) is 4.47 Å². The molecule has 1 aliphatic carbocycles. The highest BCUT2D eigenvalue weighted by Crippen LogP contribution is 2.59. The molecule has 4 nitrogen and oxygen atoms in total. The van der Waals surface area contributed by atoms with Crippen LogP contribution in [-0.2, 0) is 4.79 Å². The molecule has 0 radical (unpaired) electrons. The Hall–Kier alpha value is -1.69. The molecule has 0 aliphatic heterocycles. The van der Waals surface area contributed by atoms with Crippen LogP contribution < -0.4 is 10.9 Å². The van der Waals surface area contributed by atoms with E-state index in [1.165, 1.54) is 18.2 Å². The molecule has 0 saturated heterocycles. The van der Waals surface area contributed by atoms with E-state index in [9.17, 15) is 14.0 Å². The summed E-state index contributed by atoms with van der Waals surface area (Å²) in [6, 6.07) is 3.75. The van der Waals surface area contributed by atoms with Gasteiger partial charge in [-0.2, -0.15) is 0 Å². The van der Waals surface area contributed by atoms with Crippen molar-refractivity contribution in [2.45, 2.75) is 27.7 Å². The first-order valence-electron chi connectivity index (χ1n) is 7.35. The average molecular weight is 383 g/mol. The number of hydrazine groups is 1. The summed E-state index contributed by atoms with van der Waals surface area (Å²) >= 11 is 3.13. The third kappa shape index (κ3) is 3.80. The second-order valence-corrected chi connectivity index (χ2v) is 7.49. The third-order valence-corrected chi connectivity index (χ3v) is 4.84. The normalized spacial score (nSPS) is 21.3. The number of amides is 2. The van der Waals surface area contributed by atoms with E-state index in [1.54, 1.807) is 0 Å². The zero-order valence-corrected chi connectivity index (χ0v) is 15.1. The Labute approximate surface area is 143 Å². The molecule has 0 spiro atoms. The van der Waals surface area contributed by atoms with Crippen molar-refractivity contribution in [3.8, 4) is 0 Å². The number of carbonyl (C=O) groups excluding carboxylic acids is 2. The van der Waals surface area contributed by atoms with Crippen LogP contribution in [0.25, 0.3) is 0 Å². The molecule has 0 bridgehead atoms. The van der Waals surface area contributed by atoms with E-state index >= 15 is 0 Å². The van der Waals surface area contributed by atoms with E-state index in [4.69, 9.17) is 0 Å². The molecule has 1 aliphatic rings. The standard InChI is InChI=1S/C17H20BrFN2O2/c1-9(2)7-12-14(17(12,3)4)16(23)21-20-15(22)11-6-5-10(19)8-13(11)18/h5-8,12,14H,1-4H3,(H,20,22)(H,21,23)/t12-,14-/m1/s1. The molecule has 2 rings (SSSR count). The van der Waals surface area contributed by atoms with E-state index in [0.717, 1.165) is 5.57 Å². The molecular weight excluding hydrogens is 363 g/mol. The van der Waals surface area contributed by atoms with Crippen LogP contribution in [0, 0.1) is 23.1 Å². The molecule has 1 aromatic carbocycles. The van der Waals surface area contributed by atoms with Crippen LogP contribution >= 0.6 is 15.9 Å². The number of nitrogens with one attached hydrogen (secondary N) is 2. The van der Waals surface area contributed by atoms with Crippen molar-refractivity contribution in [1.29, 1.82) is 0 Å². The van der Waals surface area contributed by atoms with Gasteiger partial charge in [0.05, 0.1) is 11.5 Å². The van der Waals surface area contributed by atoms with Crippen molar-refractivity contribution in [3.05, 3.63) is 45.7 Å². The minimum Gasteiger partial charge on any atom is -0.273 e. The zero-order valence-electron chi connectivity index (χ0n) is 13.5. The van der Waals surface area contributed by atoms with Crippen LogP contribution in [0.3, 0.4) is 0 Å².